The summed E-state index contributed by atoms with van der Waals surface area (Å²) in [6.07, 6.45) is 6.17. The Morgan fingerprint density at radius 2 is 2.17 bits per heavy atom. The van der Waals surface area contributed by atoms with Crippen LogP contribution in [0.5, 0.6) is 0 Å². The summed E-state index contributed by atoms with van der Waals surface area (Å²) in [6.45, 7) is 0. The van der Waals surface area contributed by atoms with Gasteiger partial charge in [0.05, 0.1) is 18.4 Å². The maximum Gasteiger partial charge on any atom is 0.280 e. The number of carbonyl (C=O) groups excluding carboxylic acids is 1. The molecule has 3 aromatic rings. The molecule has 9 heteroatoms. The lowest BCUT2D eigenvalue weighted by Crippen LogP contribution is -2.24. The molecule has 0 aliphatic heterocycles. The summed E-state index contributed by atoms with van der Waals surface area (Å²) in [6, 6.07) is 4.96. The maximum atomic E-state index is 12.6. The Morgan fingerprint density at radius 1 is 1.29 bits per heavy atom. The van der Waals surface area contributed by atoms with Gasteiger partial charge in [0.25, 0.3) is 11.5 Å². The van der Waals surface area contributed by atoms with Gasteiger partial charge in [0.2, 0.25) is 0 Å². The summed E-state index contributed by atoms with van der Waals surface area (Å²) >= 11 is 1.35. The molecule has 0 atom stereocenters. The van der Waals surface area contributed by atoms with E-state index in [1.54, 1.807) is 36.0 Å². The second-order valence-electron chi connectivity index (χ2n) is 4.59. The van der Waals surface area contributed by atoms with E-state index in [4.69, 9.17) is 0 Å². The van der Waals surface area contributed by atoms with E-state index in [1.807, 2.05) is 0 Å². The van der Waals surface area contributed by atoms with Gasteiger partial charge in [-0.2, -0.15) is 0 Å². The number of thiazole rings is 1. The molecule has 24 heavy (non-hydrogen) atoms. The molecule has 122 valence electrons. The van der Waals surface area contributed by atoms with Crippen LogP contribution in [0.3, 0.4) is 0 Å². The van der Waals surface area contributed by atoms with Crippen molar-refractivity contribution in [2.75, 3.05) is 12.4 Å². The van der Waals surface area contributed by atoms with Crippen molar-refractivity contribution in [2.24, 2.45) is 0 Å². The van der Waals surface area contributed by atoms with Gasteiger partial charge in [0, 0.05) is 30.2 Å². The average molecular weight is 343 g/mol. The van der Waals surface area contributed by atoms with Crippen molar-refractivity contribution in [2.45, 2.75) is 0 Å². The third kappa shape index (κ3) is 3.16. The van der Waals surface area contributed by atoms with Gasteiger partial charge in [-0.15, -0.1) is 11.3 Å². The minimum Gasteiger partial charge on any atom is -0.350 e. The maximum absolute atomic E-state index is 12.6. The van der Waals surface area contributed by atoms with Gasteiger partial charge in [-0.05, 0) is 18.2 Å². The van der Waals surface area contributed by atoms with E-state index in [9.17, 15) is 9.59 Å². The molecule has 0 fully saturated rings. The van der Waals surface area contributed by atoms with E-state index in [1.165, 1.54) is 35.4 Å². The fourth-order valence-corrected chi connectivity index (χ4v) is 2.67. The fraction of sp³-hybridized carbons (Fsp3) is 0.0667. The molecule has 8 nitrogen and oxygen atoms in total. The van der Waals surface area contributed by atoms with Gasteiger partial charge in [0.15, 0.2) is 5.13 Å². The largest absolute Gasteiger partial charge is 0.350 e. The molecule has 3 aromatic heterocycles. The molecule has 2 N–H and O–H groups in total. The van der Waals surface area contributed by atoms with Gasteiger partial charge < -0.3 is 5.32 Å². The SMILES string of the molecule is CONC(=O)c1cnccc1Nc1cccn(-c2nccs2)c1=O. The number of nitrogens with one attached hydrogen (secondary N) is 2. The summed E-state index contributed by atoms with van der Waals surface area (Å²) < 4.78 is 1.43. The summed E-state index contributed by atoms with van der Waals surface area (Å²) in [5, 5.41) is 5.32. The number of nitrogens with zero attached hydrogens (tertiary/aromatic N) is 3. The van der Waals surface area contributed by atoms with Gasteiger partial charge >= 0.3 is 0 Å². The Kier molecular flexibility index (Phi) is 4.64. The van der Waals surface area contributed by atoms with E-state index < -0.39 is 5.91 Å². The van der Waals surface area contributed by atoms with Crippen molar-refractivity contribution < 1.29 is 9.63 Å². The minimum atomic E-state index is -0.468. The second-order valence-corrected chi connectivity index (χ2v) is 5.47. The topological polar surface area (TPSA) is 98.1 Å². The number of hydrogen-bond acceptors (Lipinski definition) is 7. The number of anilines is 2. The fourth-order valence-electron chi connectivity index (χ4n) is 2.05. The first-order valence-electron chi connectivity index (χ1n) is 6.86. The van der Waals surface area contributed by atoms with Crippen molar-refractivity contribution in [1.82, 2.24) is 20.0 Å². The molecule has 0 saturated carbocycles. The molecule has 3 heterocycles. The van der Waals surface area contributed by atoms with E-state index in [0.29, 0.717) is 16.5 Å². The number of hydrogen-bond donors (Lipinski definition) is 2. The number of pyridine rings is 2. The Balaban J connectivity index is 1.97. The Morgan fingerprint density at radius 3 is 2.92 bits per heavy atom. The number of rotatable bonds is 5. The van der Waals surface area contributed by atoms with E-state index in [0.717, 1.165) is 0 Å². The van der Waals surface area contributed by atoms with Crippen molar-refractivity contribution in [3.8, 4) is 5.13 Å². The van der Waals surface area contributed by atoms with Gasteiger partial charge in [-0.3, -0.25) is 24.0 Å². The molecular formula is C15H13N5O3S. The quantitative estimate of drug-likeness (QED) is 0.685. The Labute approximate surface area is 140 Å². The third-order valence-corrected chi connectivity index (χ3v) is 3.87. The molecule has 0 radical (unpaired) electrons. The van der Waals surface area contributed by atoms with Gasteiger partial charge in [-0.1, -0.05) is 0 Å². The highest BCUT2D eigenvalue weighted by Crippen LogP contribution is 2.18. The van der Waals surface area contributed by atoms with E-state index in [-0.39, 0.29) is 11.1 Å². The highest BCUT2D eigenvalue weighted by atomic mass is 32.1. The summed E-state index contributed by atoms with van der Waals surface area (Å²) in [5.41, 5.74) is 2.95. The van der Waals surface area contributed by atoms with Crippen LogP contribution < -0.4 is 16.4 Å². The smallest absolute Gasteiger partial charge is 0.280 e. The van der Waals surface area contributed by atoms with Crippen molar-refractivity contribution in [1.29, 1.82) is 0 Å². The first-order chi connectivity index (χ1) is 11.7. The number of aromatic nitrogens is 3. The van der Waals surface area contributed by atoms with E-state index >= 15 is 0 Å². The summed E-state index contributed by atoms with van der Waals surface area (Å²) in [5.74, 6) is -0.468. The highest BCUT2D eigenvalue weighted by molar-refractivity contribution is 7.12. The lowest BCUT2D eigenvalue weighted by Gasteiger charge is -2.11. The monoisotopic (exact) mass is 343 g/mol. The minimum absolute atomic E-state index is 0.253. The standard InChI is InChI=1S/C15H13N5O3S/c1-23-19-13(21)10-9-16-5-4-11(10)18-12-3-2-7-20(14(12)22)15-17-6-8-24-15/h2-9H,1H3,(H,16,18)(H,19,21). The zero-order chi connectivity index (χ0) is 16.9. The normalized spacial score (nSPS) is 10.4. The van der Waals surface area contributed by atoms with Crippen LogP contribution in [0.2, 0.25) is 0 Å². The van der Waals surface area contributed by atoms with Crippen LogP contribution in [-0.4, -0.2) is 27.6 Å². The molecule has 0 aliphatic rings. The van der Waals surface area contributed by atoms with Crippen LogP contribution in [0.4, 0.5) is 11.4 Å². The molecule has 0 unspecified atom stereocenters. The molecule has 3 rings (SSSR count). The van der Waals surface area contributed by atoms with Crippen LogP contribution in [-0.2, 0) is 4.84 Å². The van der Waals surface area contributed by atoms with Gasteiger partial charge in [0.1, 0.15) is 5.69 Å². The zero-order valence-corrected chi connectivity index (χ0v) is 13.4. The van der Waals surface area contributed by atoms with E-state index in [2.05, 4.69) is 25.6 Å². The van der Waals surface area contributed by atoms with Crippen LogP contribution in [0.1, 0.15) is 10.4 Å². The van der Waals surface area contributed by atoms with Crippen LogP contribution >= 0.6 is 11.3 Å². The third-order valence-electron chi connectivity index (χ3n) is 3.10. The molecule has 0 aliphatic carbocycles. The molecule has 0 aromatic carbocycles. The van der Waals surface area contributed by atoms with Crippen molar-refractivity contribution in [3.63, 3.8) is 0 Å². The average Bonchev–Trinajstić information content (AvgIpc) is 3.12. The van der Waals surface area contributed by atoms with Crippen LogP contribution in [0, 0.1) is 0 Å². The molecular weight excluding hydrogens is 330 g/mol. The first-order valence-corrected chi connectivity index (χ1v) is 7.74. The first kappa shape index (κ1) is 15.8. The molecule has 1 amide bonds. The Bertz CT molecular complexity index is 907. The molecule has 0 spiro atoms. The lowest BCUT2D eigenvalue weighted by molar-refractivity contribution is 0.0538. The van der Waals surface area contributed by atoms with Crippen LogP contribution in [0.25, 0.3) is 5.13 Å². The number of amides is 1. The predicted molar refractivity (Wildman–Crippen MR) is 89.7 cm³/mol. The van der Waals surface area contributed by atoms with Crippen molar-refractivity contribution >= 4 is 28.6 Å². The zero-order valence-electron chi connectivity index (χ0n) is 12.6. The predicted octanol–water partition coefficient (Wildman–Crippen LogP) is 1.72. The number of carbonyl (C=O) groups is 1. The van der Waals surface area contributed by atoms with Gasteiger partial charge in [-0.25, -0.2) is 10.5 Å². The lowest BCUT2D eigenvalue weighted by atomic mass is 10.2. The summed E-state index contributed by atoms with van der Waals surface area (Å²) in [4.78, 5) is 37.3. The second kappa shape index (κ2) is 7.02. The molecule has 0 saturated heterocycles. The number of hydroxylamine groups is 1. The highest BCUT2D eigenvalue weighted by Gasteiger charge is 2.13. The van der Waals surface area contributed by atoms with Crippen molar-refractivity contribution in [3.05, 3.63) is 64.3 Å². The molecule has 0 bridgehead atoms. The summed E-state index contributed by atoms with van der Waals surface area (Å²) in [7, 11) is 1.34. The Hall–Kier alpha value is -3.04. The van der Waals surface area contributed by atoms with Crippen LogP contribution in [0.15, 0.2) is 53.2 Å².